The van der Waals surface area contributed by atoms with E-state index in [0.29, 0.717) is 5.82 Å². The maximum atomic E-state index is 5.73. The zero-order chi connectivity index (χ0) is 13.4. The van der Waals surface area contributed by atoms with Crippen LogP contribution in [-0.2, 0) is 6.42 Å². The smallest absolute Gasteiger partial charge is 0.132 e. The quantitative estimate of drug-likeness (QED) is 0.689. The Labute approximate surface area is 110 Å². The van der Waals surface area contributed by atoms with Gasteiger partial charge in [0.15, 0.2) is 0 Å². The van der Waals surface area contributed by atoms with Crippen LogP contribution in [-0.4, -0.2) is 41.0 Å². The van der Waals surface area contributed by atoms with E-state index in [9.17, 15) is 0 Å². The van der Waals surface area contributed by atoms with Gasteiger partial charge in [0.2, 0.25) is 0 Å². The fraction of sp³-hybridized carbons (Fsp3) is 0.692. The van der Waals surface area contributed by atoms with Crippen LogP contribution in [0.1, 0.15) is 33.0 Å². The Kier molecular flexibility index (Phi) is 6.43. The van der Waals surface area contributed by atoms with E-state index in [4.69, 9.17) is 5.73 Å². The van der Waals surface area contributed by atoms with Crippen molar-refractivity contribution in [3.05, 3.63) is 11.9 Å². The van der Waals surface area contributed by atoms with Gasteiger partial charge in [0.25, 0.3) is 0 Å². The molecule has 0 aliphatic heterocycles. The summed E-state index contributed by atoms with van der Waals surface area (Å²) in [6.07, 6.45) is 1.91. The Bertz CT molecular complexity index is 349. The minimum atomic E-state index is 0.535. The number of hydrogen-bond donors (Lipinski definition) is 2. The summed E-state index contributed by atoms with van der Waals surface area (Å²) in [6.45, 7) is 10.6. The number of nitrogens with one attached hydrogen (secondary N) is 1. The SMILES string of the molecule is CCc1nc(N)cc(NCCCN(CC)CC)n1. The number of rotatable bonds is 8. The maximum absolute atomic E-state index is 5.73. The number of hydrogen-bond acceptors (Lipinski definition) is 5. The summed E-state index contributed by atoms with van der Waals surface area (Å²) in [5.74, 6) is 2.16. The van der Waals surface area contributed by atoms with E-state index < -0.39 is 0 Å². The van der Waals surface area contributed by atoms with Crippen LogP contribution in [0.15, 0.2) is 6.07 Å². The third-order valence-electron chi connectivity index (χ3n) is 2.96. The van der Waals surface area contributed by atoms with E-state index in [-0.39, 0.29) is 0 Å². The van der Waals surface area contributed by atoms with Crippen molar-refractivity contribution in [2.24, 2.45) is 0 Å². The predicted molar refractivity (Wildman–Crippen MR) is 76.7 cm³/mol. The van der Waals surface area contributed by atoms with E-state index in [2.05, 4.69) is 34.0 Å². The molecular formula is C13H25N5. The molecule has 1 heterocycles. The van der Waals surface area contributed by atoms with Crippen LogP contribution in [0, 0.1) is 0 Å². The van der Waals surface area contributed by atoms with E-state index >= 15 is 0 Å². The second kappa shape index (κ2) is 7.87. The third kappa shape index (κ3) is 4.87. The van der Waals surface area contributed by atoms with Crippen molar-refractivity contribution >= 4 is 11.6 Å². The molecular weight excluding hydrogens is 226 g/mol. The lowest BCUT2D eigenvalue weighted by molar-refractivity contribution is 0.303. The van der Waals surface area contributed by atoms with Crippen molar-refractivity contribution in [2.45, 2.75) is 33.6 Å². The van der Waals surface area contributed by atoms with Crippen molar-refractivity contribution < 1.29 is 0 Å². The number of aromatic nitrogens is 2. The van der Waals surface area contributed by atoms with Crippen molar-refractivity contribution in [1.82, 2.24) is 14.9 Å². The Hall–Kier alpha value is -1.36. The molecule has 0 bridgehead atoms. The molecule has 5 nitrogen and oxygen atoms in total. The average Bonchev–Trinajstić information content (AvgIpc) is 2.38. The minimum Gasteiger partial charge on any atom is -0.384 e. The van der Waals surface area contributed by atoms with Crippen LogP contribution >= 0.6 is 0 Å². The van der Waals surface area contributed by atoms with Crippen LogP contribution in [0.2, 0.25) is 0 Å². The number of aryl methyl sites for hydroxylation is 1. The first kappa shape index (κ1) is 14.7. The monoisotopic (exact) mass is 251 g/mol. The predicted octanol–water partition coefficient (Wildman–Crippen LogP) is 1.76. The zero-order valence-corrected chi connectivity index (χ0v) is 11.7. The van der Waals surface area contributed by atoms with Gasteiger partial charge in [-0.25, -0.2) is 9.97 Å². The highest BCUT2D eigenvalue weighted by Crippen LogP contribution is 2.08. The first-order valence-electron chi connectivity index (χ1n) is 6.79. The standard InChI is InChI=1S/C13H25N5/c1-4-12-16-11(14)10-13(17-12)15-8-7-9-18(5-2)6-3/h10H,4-9H2,1-3H3,(H3,14,15,16,17). The minimum absolute atomic E-state index is 0.535. The topological polar surface area (TPSA) is 67.1 Å². The Morgan fingerprint density at radius 3 is 2.56 bits per heavy atom. The molecule has 0 aromatic carbocycles. The molecule has 1 aromatic heterocycles. The molecule has 0 aliphatic rings. The fourth-order valence-electron chi connectivity index (χ4n) is 1.83. The molecule has 0 atom stereocenters. The molecule has 1 aromatic rings. The molecule has 0 unspecified atom stereocenters. The summed E-state index contributed by atoms with van der Waals surface area (Å²) in [5, 5.41) is 3.31. The van der Waals surface area contributed by atoms with Gasteiger partial charge in [-0.05, 0) is 26.1 Å². The molecule has 18 heavy (non-hydrogen) atoms. The van der Waals surface area contributed by atoms with Crippen molar-refractivity contribution in [1.29, 1.82) is 0 Å². The highest BCUT2D eigenvalue weighted by molar-refractivity contribution is 5.44. The third-order valence-corrected chi connectivity index (χ3v) is 2.96. The van der Waals surface area contributed by atoms with Crippen molar-refractivity contribution in [2.75, 3.05) is 37.2 Å². The van der Waals surface area contributed by atoms with Gasteiger partial charge in [-0.3, -0.25) is 0 Å². The van der Waals surface area contributed by atoms with Crippen LogP contribution in [0.3, 0.4) is 0 Å². The maximum Gasteiger partial charge on any atom is 0.132 e. The van der Waals surface area contributed by atoms with E-state index in [0.717, 1.165) is 50.7 Å². The lowest BCUT2D eigenvalue weighted by Gasteiger charge is -2.17. The largest absolute Gasteiger partial charge is 0.384 e. The average molecular weight is 251 g/mol. The number of nitrogens with two attached hydrogens (primary N) is 1. The Balaban J connectivity index is 2.37. The van der Waals surface area contributed by atoms with Crippen LogP contribution in [0.25, 0.3) is 0 Å². The molecule has 1 rings (SSSR count). The normalized spacial score (nSPS) is 10.9. The lowest BCUT2D eigenvalue weighted by Crippen LogP contribution is -2.25. The van der Waals surface area contributed by atoms with Gasteiger partial charge >= 0.3 is 0 Å². The van der Waals surface area contributed by atoms with Gasteiger partial charge in [0.05, 0.1) is 0 Å². The molecule has 102 valence electrons. The molecule has 0 amide bonds. The number of nitrogens with zero attached hydrogens (tertiary/aromatic N) is 3. The highest BCUT2D eigenvalue weighted by Gasteiger charge is 2.01. The molecule has 0 aliphatic carbocycles. The van der Waals surface area contributed by atoms with E-state index in [1.807, 2.05) is 6.92 Å². The first-order chi connectivity index (χ1) is 8.69. The lowest BCUT2D eigenvalue weighted by atomic mass is 10.3. The molecule has 0 radical (unpaired) electrons. The summed E-state index contributed by atoms with van der Waals surface area (Å²) in [5.41, 5.74) is 5.73. The van der Waals surface area contributed by atoms with Crippen molar-refractivity contribution in [3.63, 3.8) is 0 Å². The summed E-state index contributed by atoms with van der Waals surface area (Å²) >= 11 is 0. The second-order valence-corrected chi connectivity index (χ2v) is 4.26. The second-order valence-electron chi connectivity index (χ2n) is 4.26. The molecule has 0 spiro atoms. The van der Waals surface area contributed by atoms with Gasteiger partial charge in [-0.1, -0.05) is 20.8 Å². The summed E-state index contributed by atoms with van der Waals surface area (Å²) in [4.78, 5) is 11.0. The van der Waals surface area contributed by atoms with E-state index in [1.54, 1.807) is 6.07 Å². The number of nitrogen functional groups attached to an aromatic ring is 1. The van der Waals surface area contributed by atoms with Gasteiger partial charge in [0, 0.05) is 19.0 Å². The van der Waals surface area contributed by atoms with Crippen molar-refractivity contribution in [3.8, 4) is 0 Å². The van der Waals surface area contributed by atoms with Crippen LogP contribution in [0.5, 0.6) is 0 Å². The zero-order valence-electron chi connectivity index (χ0n) is 11.7. The Morgan fingerprint density at radius 1 is 1.22 bits per heavy atom. The summed E-state index contributed by atoms with van der Waals surface area (Å²) in [7, 11) is 0. The summed E-state index contributed by atoms with van der Waals surface area (Å²) in [6, 6.07) is 1.79. The van der Waals surface area contributed by atoms with Crippen LogP contribution in [0.4, 0.5) is 11.6 Å². The fourth-order valence-corrected chi connectivity index (χ4v) is 1.83. The Morgan fingerprint density at radius 2 is 1.94 bits per heavy atom. The van der Waals surface area contributed by atoms with Gasteiger partial charge in [-0.2, -0.15) is 0 Å². The highest BCUT2D eigenvalue weighted by atomic mass is 15.1. The first-order valence-corrected chi connectivity index (χ1v) is 6.79. The molecule has 5 heteroatoms. The van der Waals surface area contributed by atoms with Gasteiger partial charge in [0.1, 0.15) is 17.5 Å². The van der Waals surface area contributed by atoms with E-state index in [1.165, 1.54) is 0 Å². The molecule has 3 N–H and O–H groups in total. The molecule has 0 saturated heterocycles. The van der Waals surface area contributed by atoms with Gasteiger partial charge < -0.3 is 16.0 Å². The van der Waals surface area contributed by atoms with Crippen LogP contribution < -0.4 is 11.1 Å². The van der Waals surface area contributed by atoms with Gasteiger partial charge in [-0.15, -0.1) is 0 Å². The summed E-state index contributed by atoms with van der Waals surface area (Å²) < 4.78 is 0. The number of anilines is 2. The molecule has 0 saturated carbocycles. The molecule has 0 fully saturated rings.